The van der Waals surface area contributed by atoms with Crippen molar-refractivity contribution >= 4 is 23.6 Å². The van der Waals surface area contributed by atoms with E-state index < -0.39 is 5.97 Å². The monoisotopic (exact) mass is 313 g/mol. The molecular formula is C18H16FNO3. The summed E-state index contributed by atoms with van der Waals surface area (Å²) in [4.78, 5) is 25.0. The number of carbonyl (C=O) groups is 2. The molecule has 2 aromatic rings. The number of amides is 1. The number of esters is 1. The van der Waals surface area contributed by atoms with Crippen LogP contribution in [0.25, 0.3) is 6.08 Å². The Bertz CT molecular complexity index is 738. The first-order chi connectivity index (χ1) is 11.0. The average Bonchev–Trinajstić information content (AvgIpc) is 2.59. The summed E-state index contributed by atoms with van der Waals surface area (Å²) in [7, 11) is 2.94. The van der Waals surface area contributed by atoms with E-state index in [-0.39, 0.29) is 11.7 Å². The maximum absolute atomic E-state index is 12.9. The van der Waals surface area contributed by atoms with E-state index in [9.17, 15) is 14.0 Å². The Labute approximate surface area is 133 Å². The van der Waals surface area contributed by atoms with Gasteiger partial charge in [0.25, 0.3) is 5.91 Å². The van der Waals surface area contributed by atoms with Crippen LogP contribution in [0.15, 0.2) is 54.6 Å². The van der Waals surface area contributed by atoms with Gasteiger partial charge in [-0.05, 0) is 48.0 Å². The Balaban J connectivity index is 2.20. The van der Waals surface area contributed by atoms with Crippen LogP contribution < -0.4 is 4.90 Å². The first-order valence-electron chi connectivity index (χ1n) is 6.91. The van der Waals surface area contributed by atoms with Gasteiger partial charge in [0.05, 0.1) is 7.11 Å². The van der Waals surface area contributed by atoms with E-state index in [1.54, 1.807) is 37.4 Å². The molecule has 1 amide bonds. The van der Waals surface area contributed by atoms with E-state index in [1.807, 2.05) is 0 Å². The van der Waals surface area contributed by atoms with Crippen LogP contribution in [-0.4, -0.2) is 26.0 Å². The van der Waals surface area contributed by atoms with Crippen LogP contribution >= 0.6 is 0 Å². The fourth-order valence-corrected chi connectivity index (χ4v) is 1.97. The highest BCUT2D eigenvalue weighted by Gasteiger charge is 2.13. The quantitative estimate of drug-likeness (QED) is 0.643. The van der Waals surface area contributed by atoms with Gasteiger partial charge in [-0.25, -0.2) is 9.18 Å². The molecule has 0 saturated heterocycles. The summed E-state index contributed by atoms with van der Waals surface area (Å²) in [6.45, 7) is 0. The van der Waals surface area contributed by atoms with Crippen molar-refractivity contribution in [2.45, 2.75) is 0 Å². The van der Waals surface area contributed by atoms with Crippen molar-refractivity contribution in [1.29, 1.82) is 0 Å². The summed E-state index contributed by atoms with van der Waals surface area (Å²) in [5, 5.41) is 0. The highest BCUT2D eigenvalue weighted by atomic mass is 19.1. The van der Waals surface area contributed by atoms with Crippen LogP contribution in [0.4, 0.5) is 10.1 Å². The van der Waals surface area contributed by atoms with Crippen molar-refractivity contribution in [2.24, 2.45) is 0 Å². The number of carbonyl (C=O) groups excluding carboxylic acids is 2. The van der Waals surface area contributed by atoms with E-state index in [0.717, 1.165) is 5.56 Å². The minimum absolute atomic E-state index is 0.251. The van der Waals surface area contributed by atoms with Gasteiger partial charge in [-0.15, -0.1) is 0 Å². The number of methoxy groups -OCH3 is 1. The maximum Gasteiger partial charge on any atom is 0.330 e. The van der Waals surface area contributed by atoms with Gasteiger partial charge in [0.15, 0.2) is 0 Å². The number of halogens is 1. The van der Waals surface area contributed by atoms with E-state index >= 15 is 0 Å². The highest BCUT2D eigenvalue weighted by molar-refractivity contribution is 6.05. The number of hydrogen-bond acceptors (Lipinski definition) is 3. The summed E-state index contributed by atoms with van der Waals surface area (Å²) in [6, 6.07) is 12.5. The van der Waals surface area contributed by atoms with Crippen LogP contribution in [0.2, 0.25) is 0 Å². The second-order valence-corrected chi connectivity index (χ2v) is 4.82. The Morgan fingerprint density at radius 1 is 1.13 bits per heavy atom. The molecule has 0 aliphatic carbocycles. The molecule has 4 nitrogen and oxygen atoms in total. The molecule has 0 fully saturated rings. The zero-order chi connectivity index (χ0) is 16.8. The summed E-state index contributed by atoms with van der Waals surface area (Å²) in [5.74, 6) is -1.09. The molecule has 0 aliphatic heterocycles. The topological polar surface area (TPSA) is 46.6 Å². The highest BCUT2D eigenvalue weighted by Crippen LogP contribution is 2.18. The van der Waals surface area contributed by atoms with Crippen molar-refractivity contribution in [1.82, 2.24) is 0 Å². The molecule has 2 aromatic carbocycles. The van der Waals surface area contributed by atoms with E-state index in [1.165, 1.54) is 42.4 Å². The number of nitrogens with zero attached hydrogens (tertiary/aromatic N) is 1. The summed E-state index contributed by atoms with van der Waals surface area (Å²) < 4.78 is 17.5. The van der Waals surface area contributed by atoms with Crippen LogP contribution in [0.1, 0.15) is 15.9 Å². The standard InChI is InChI=1S/C18H16FNO3/c1-20(18(22)14-7-9-15(19)10-8-14)16-5-3-4-13(12-16)6-11-17(21)23-2/h3-12H,1-2H3/b11-6+. The van der Waals surface area contributed by atoms with Crippen LogP contribution in [0.5, 0.6) is 0 Å². The molecular weight excluding hydrogens is 297 g/mol. The maximum atomic E-state index is 12.9. The Morgan fingerprint density at radius 3 is 2.48 bits per heavy atom. The minimum Gasteiger partial charge on any atom is -0.466 e. The SMILES string of the molecule is COC(=O)/C=C/c1cccc(N(C)C(=O)c2ccc(F)cc2)c1. The average molecular weight is 313 g/mol. The molecule has 23 heavy (non-hydrogen) atoms. The molecule has 0 spiro atoms. The van der Waals surface area contributed by atoms with Crippen molar-refractivity contribution in [3.05, 3.63) is 71.6 Å². The second kappa shape index (κ2) is 7.35. The lowest BCUT2D eigenvalue weighted by molar-refractivity contribution is -0.134. The van der Waals surface area contributed by atoms with Crippen molar-refractivity contribution < 1.29 is 18.7 Å². The molecule has 0 aliphatic rings. The van der Waals surface area contributed by atoms with Gasteiger partial charge >= 0.3 is 5.97 Å². The number of hydrogen-bond donors (Lipinski definition) is 0. The summed E-state index contributed by atoms with van der Waals surface area (Å²) in [5.41, 5.74) is 1.81. The summed E-state index contributed by atoms with van der Waals surface area (Å²) in [6.07, 6.45) is 2.91. The number of ether oxygens (including phenoxy) is 1. The number of rotatable bonds is 4. The normalized spacial score (nSPS) is 10.6. The van der Waals surface area contributed by atoms with Crippen molar-refractivity contribution in [3.8, 4) is 0 Å². The van der Waals surface area contributed by atoms with Gasteiger partial charge in [0, 0.05) is 24.4 Å². The molecule has 2 rings (SSSR count). The minimum atomic E-state index is -0.453. The fraction of sp³-hybridized carbons (Fsp3) is 0.111. The van der Waals surface area contributed by atoms with E-state index in [2.05, 4.69) is 4.74 Å². The van der Waals surface area contributed by atoms with Gasteiger partial charge < -0.3 is 9.64 Å². The Kier molecular flexibility index (Phi) is 5.25. The van der Waals surface area contributed by atoms with E-state index in [4.69, 9.17) is 0 Å². The molecule has 0 unspecified atom stereocenters. The smallest absolute Gasteiger partial charge is 0.330 e. The van der Waals surface area contributed by atoms with Crippen LogP contribution in [0, 0.1) is 5.82 Å². The third-order valence-electron chi connectivity index (χ3n) is 3.27. The predicted octanol–water partition coefficient (Wildman–Crippen LogP) is 3.29. The summed E-state index contributed by atoms with van der Waals surface area (Å²) >= 11 is 0. The van der Waals surface area contributed by atoms with Gasteiger partial charge in [-0.2, -0.15) is 0 Å². The Hall–Kier alpha value is -2.95. The van der Waals surface area contributed by atoms with Gasteiger partial charge in [0.1, 0.15) is 5.82 Å². The van der Waals surface area contributed by atoms with Crippen LogP contribution in [0.3, 0.4) is 0 Å². The third kappa shape index (κ3) is 4.26. The van der Waals surface area contributed by atoms with Crippen molar-refractivity contribution in [3.63, 3.8) is 0 Å². The Morgan fingerprint density at radius 2 is 1.83 bits per heavy atom. The first-order valence-corrected chi connectivity index (χ1v) is 6.91. The number of benzene rings is 2. The van der Waals surface area contributed by atoms with Crippen LogP contribution in [-0.2, 0) is 9.53 Å². The molecule has 0 N–H and O–H groups in total. The zero-order valence-corrected chi connectivity index (χ0v) is 12.8. The van der Waals surface area contributed by atoms with Gasteiger partial charge in [-0.1, -0.05) is 12.1 Å². The molecule has 0 heterocycles. The number of anilines is 1. The lowest BCUT2D eigenvalue weighted by Crippen LogP contribution is -2.26. The molecule has 0 saturated carbocycles. The lowest BCUT2D eigenvalue weighted by Gasteiger charge is -2.18. The van der Waals surface area contributed by atoms with Crippen molar-refractivity contribution in [2.75, 3.05) is 19.1 Å². The molecule has 118 valence electrons. The predicted molar refractivity (Wildman–Crippen MR) is 86.6 cm³/mol. The lowest BCUT2D eigenvalue weighted by atomic mass is 10.1. The molecule has 5 heteroatoms. The van der Waals surface area contributed by atoms with Gasteiger partial charge in [0.2, 0.25) is 0 Å². The first kappa shape index (κ1) is 16.4. The molecule has 0 bridgehead atoms. The molecule has 0 aromatic heterocycles. The van der Waals surface area contributed by atoms with E-state index in [0.29, 0.717) is 11.3 Å². The zero-order valence-electron chi connectivity index (χ0n) is 12.8. The second-order valence-electron chi connectivity index (χ2n) is 4.82. The largest absolute Gasteiger partial charge is 0.466 e. The fourth-order valence-electron chi connectivity index (χ4n) is 1.97. The van der Waals surface area contributed by atoms with Gasteiger partial charge in [-0.3, -0.25) is 4.79 Å². The molecule has 0 atom stereocenters. The third-order valence-corrected chi connectivity index (χ3v) is 3.27. The molecule has 0 radical (unpaired) electrons.